The van der Waals surface area contributed by atoms with Gasteiger partial charge in [-0.05, 0) is 13.8 Å². The number of hydrogen-bond acceptors (Lipinski definition) is 6. The Kier molecular flexibility index (Phi) is 6.09. The van der Waals surface area contributed by atoms with Crippen LogP contribution in [0.3, 0.4) is 0 Å². The van der Waals surface area contributed by atoms with Crippen LogP contribution < -0.4 is 20.7 Å². The summed E-state index contributed by atoms with van der Waals surface area (Å²) in [5.41, 5.74) is 6.45. The Morgan fingerprint density at radius 2 is 2.15 bits per heavy atom. The van der Waals surface area contributed by atoms with Gasteiger partial charge >= 0.3 is 0 Å². The predicted octanol–water partition coefficient (Wildman–Crippen LogP) is 1.56. The number of amides is 1. The Morgan fingerprint density at radius 1 is 1.50 bits per heavy atom. The zero-order valence-corrected chi connectivity index (χ0v) is 13.5. The van der Waals surface area contributed by atoms with Gasteiger partial charge in [-0.15, -0.1) is 11.3 Å². The molecule has 0 atom stereocenters. The lowest BCUT2D eigenvalue weighted by Crippen LogP contribution is -2.22. The van der Waals surface area contributed by atoms with Crippen LogP contribution in [-0.2, 0) is 4.74 Å². The Hall–Kier alpha value is -1.47. The largest absolute Gasteiger partial charge is 0.486 e. The van der Waals surface area contributed by atoms with Crippen LogP contribution in [0.25, 0.3) is 0 Å². The van der Waals surface area contributed by atoms with Crippen molar-refractivity contribution in [3.63, 3.8) is 0 Å². The lowest BCUT2D eigenvalue weighted by molar-refractivity contribution is 0.0967. The van der Waals surface area contributed by atoms with E-state index in [9.17, 15) is 4.79 Å². The highest BCUT2D eigenvalue weighted by molar-refractivity contribution is 7.19. The fourth-order valence-corrected chi connectivity index (χ4v) is 2.72. The molecule has 0 unspecified atom stereocenters. The second kappa shape index (κ2) is 7.35. The van der Waals surface area contributed by atoms with E-state index in [0.717, 1.165) is 5.00 Å². The van der Waals surface area contributed by atoms with Gasteiger partial charge in [-0.1, -0.05) is 0 Å². The first kappa shape index (κ1) is 16.6. The number of carbonyl (C=O) groups is 1. The summed E-state index contributed by atoms with van der Waals surface area (Å²) in [6, 6.07) is 0. The van der Waals surface area contributed by atoms with Gasteiger partial charge in [0.1, 0.15) is 15.6 Å². The van der Waals surface area contributed by atoms with Crippen molar-refractivity contribution >= 4 is 27.9 Å². The zero-order valence-electron chi connectivity index (χ0n) is 12.6. The highest BCUT2D eigenvalue weighted by atomic mass is 32.1. The molecule has 0 spiro atoms. The van der Waals surface area contributed by atoms with Crippen LogP contribution >= 0.6 is 11.3 Å². The maximum absolute atomic E-state index is 11.8. The van der Waals surface area contributed by atoms with E-state index in [1.54, 1.807) is 14.2 Å². The van der Waals surface area contributed by atoms with Crippen LogP contribution in [0.5, 0.6) is 5.75 Å². The van der Waals surface area contributed by atoms with E-state index < -0.39 is 0 Å². The number of anilines is 2. The summed E-state index contributed by atoms with van der Waals surface area (Å²) in [5, 5.41) is 3.43. The van der Waals surface area contributed by atoms with Gasteiger partial charge in [0.25, 0.3) is 5.91 Å². The van der Waals surface area contributed by atoms with Gasteiger partial charge < -0.3 is 25.4 Å². The highest BCUT2D eigenvalue weighted by Crippen LogP contribution is 2.44. The summed E-state index contributed by atoms with van der Waals surface area (Å²) in [4.78, 5) is 14.3. The van der Waals surface area contributed by atoms with E-state index in [2.05, 4.69) is 5.32 Å². The molecule has 20 heavy (non-hydrogen) atoms. The average molecular weight is 301 g/mol. The Labute approximate surface area is 123 Å². The highest BCUT2D eigenvalue weighted by Gasteiger charge is 2.24. The third kappa shape index (κ3) is 3.77. The van der Waals surface area contributed by atoms with Crippen LogP contribution in [0.4, 0.5) is 10.7 Å². The van der Waals surface area contributed by atoms with Crippen molar-refractivity contribution in [3.8, 4) is 5.75 Å². The Bertz CT molecular complexity index is 460. The standard InChI is InChI=1S/C13H23N3O3S/c1-8(2)19-10-9(14)11(12(17)15-3)20-13(10)16(4)6-7-18-5/h8H,6-7,14H2,1-5H3,(H,15,17). The first-order chi connectivity index (χ1) is 9.42. The number of nitrogen functional groups attached to an aromatic ring is 1. The molecule has 7 heteroatoms. The number of carbonyl (C=O) groups excluding carboxylic acids is 1. The molecule has 0 aromatic carbocycles. The van der Waals surface area contributed by atoms with Crippen molar-refractivity contribution in [3.05, 3.63) is 4.88 Å². The molecule has 0 fully saturated rings. The maximum atomic E-state index is 11.8. The van der Waals surface area contributed by atoms with E-state index in [1.165, 1.54) is 11.3 Å². The predicted molar refractivity (Wildman–Crippen MR) is 83.0 cm³/mol. The molecule has 1 rings (SSSR count). The molecule has 1 aromatic rings. The van der Waals surface area contributed by atoms with Crippen LogP contribution in [0.1, 0.15) is 23.5 Å². The number of ether oxygens (including phenoxy) is 2. The normalized spacial score (nSPS) is 10.7. The molecule has 1 amide bonds. The smallest absolute Gasteiger partial charge is 0.263 e. The van der Waals surface area contributed by atoms with E-state index >= 15 is 0 Å². The second-order valence-electron chi connectivity index (χ2n) is 4.64. The van der Waals surface area contributed by atoms with Crippen molar-refractivity contribution in [1.82, 2.24) is 5.32 Å². The molecule has 0 bridgehead atoms. The van der Waals surface area contributed by atoms with E-state index in [-0.39, 0.29) is 12.0 Å². The minimum absolute atomic E-state index is 0.0148. The molecule has 114 valence electrons. The molecule has 6 nitrogen and oxygen atoms in total. The number of rotatable bonds is 7. The van der Waals surface area contributed by atoms with E-state index in [1.807, 2.05) is 25.8 Å². The Morgan fingerprint density at radius 3 is 2.65 bits per heavy atom. The van der Waals surface area contributed by atoms with E-state index in [4.69, 9.17) is 15.2 Å². The van der Waals surface area contributed by atoms with Gasteiger partial charge in [-0.25, -0.2) is 0 Å². The molecule has 0 aliphatic rings. The topological polar surface area (TPSA) is 76.8 Å². The van der Waals surface area contributed by atoms with Crippen molar-refractivity contribution < 1.29 is 14.3 Å². The van der Waals surface area contributed by atoms with Gasteiger partial charge in [-0.3, -0.25) is 4.79 Å². The van der Waals surface area contributed by atoms with Gasteiger partial charge in [0.15, 0.2) is 5.75 Å². The van der Waals surface area contributed by atoms with Crippen molar-refractivity contribution in [2.24, 2.45) is 0 Å². The molecule has 0 aliphatic heterocycles. The fourth-order valence-electron chi connectivity index (χ4n) is 1.63. The van der Waals surface area contributed by atoms with Crippen molar-refractivity contribution in [2.75, 3.05) is 45.0 Å². The summed E-state index contributed by atoms with van der Waals surface area (Å²) < 4.78 is 10.8. The van der Waals surface area contributed by atoms with Crippen LogP contribution in [0.2, 0.25) is 0 Å². The maximum Gasteiger partial charge on any atom is 0.263 e. The summed E-state index contributed by atoms with van der Waals surface area (Å²) in [6.45, 7) is 5.13. The number of nitrogens with zero attached hydrogens (tertiary/aromatic N) is 1. The SMILES string of the molecule is CNC(=O)c1sc(N(C)CCOC)c(OC(C)C)c1N. The van der Waals surface area contributed by atoms with Crippen molar-refractivity contribution in [1.29, 1.82) is 0 Å². The second-order valence-corrected chi connectivity index (χ2v) is 5.64. The quantitative estimate of drug-likeness (QED) is 0.799. The van der Waals surface area contributed by atoms with E-state index in [0.29, 0.717) is 29.5 Å². The molecule has 0 saturated carbocycles. The molecule has 0 saturated heterocycles. The first-order valence-electron chi connectivity index (χ1n) is 6.43. The van der Waals surface area contributed by atoms with Crippen LogP contribution in [0, 0.1) is 0 Å². The van der Waals surface area contributed by atoms with Crippen LogP contribution in [-0.4, -0.2) is 46.4 Å². The lowest BCUT2D eigenvalue weighted by atomic mass is 10.3. The average Bonchev–Trinajstić information content (AvgIpc) is 2.72. The summed E-state index contributed by atoms with van der Waals surface area (Å²) >= 11 is 1.33. The molecular weight excluding hydrogens is 278 g/mol. The lowest BCUT2D eigenvalue weighted by Gasteiger charge is -2.20. The third-order valence-electron chi connectivity index (χ3n) is 2.65. The van der Waals surface area contributed by atoms with Crippen LogP contribution in [0.15, 0.2) is 0 Å². The summed E-state index contributed by atoms with van der Waals surface area (Å²) in [5.74, 6) is 0.370. The zero-order chi connectivity index (χ0) is 15.3. The third-order valence-corrected chi connectivity index (χ3v) is 3.95. The Balaban J connectivity index is 3.15. The number of thiophene rings is 1. The molecular formula is C13H23N3O3S. The van der Waals surface area contributed by atoms with Gasteiger partial charge in [0.05, 0.1) is 12.7 Å². The molecule has 1 heterocycles. The molecule has 3 N–H and O–H groups in total. The molecule has 0 radical (unpaired) electrons. The number of methoxy groups -OCH3 is 1. The number of likely N-dealkylation sites (N-methyl/N-ethyl adjacent to an activating group) is 1. The number of nitrogens with two attached hydrogens (primary N) is 1. The molecule has 1 aromatic heterocycles. The van der Waals surface area contributed by atoms with Crippen molar-refractivity contribution in [2.45, 2.75) is 20.0 Å². The number of nitrogens with one attached hydrogen (secondary N) is 1. The molecule has 0 aliphatic carbocycles. The van der Waals surface area contributed by atoms with Gasteiger partial charge in [-0.2, -0.15) is 0 Å². The number of hydrogen-bond donors (Lipinski definition) is 2. The fraction of sp³-hybridized carbons (Fsp3) is 0.615. The van der Waals surface area contributed by atoms with Gasteiger partial charge in [0.2, 0.25) is 0 Å². The van der Waals surface area contributed by atoms with Gasteiger partial charge in [0, 0.05) is 27.7 Å². The minimum atomic E-state index is -0.201. The minimum Gasteiger partial charge on any atom is -0.486 e. The monoisotopic (exact) mass is 301 g/mol. The summed E-state index contributed by atoms with van der Waals surface area (Å²) in [6.07, 6.45) is -0.0148. The first-order valence-corrected chi connectivity index (χ1v) is 7.25. The summed E-state index contributed by atoms with van der Waals surface area (Å²) in [7, 11) is 5.15.